The first-order valence-corrected chi connectivity index (χ1v) is 3.41. The number of methoxy groups -OCH3 is 1. The van der Waals surface area contributed by atoms with Gasteiger partial charge in [0.2, 0.25) is 5.88 Å². The Balaban J connectivity index is 3.02. The summed E-state index contributed by atoms with van der Waals surface area (Å²) >= 11 is 5.62. The Morgan fingerprint density at radius 1 is 1.64 bits per heavy atom. The van der Waals surface area contributed by atoms with Crippen molar-refractivity contribution >= 4 is 11.6 Å². The molecule has 0 bridgehead atoms. The summed E-state index contributed by atoms with van der Waals surface area (Å²) in [6.07, 6.45) is 0. The fourth-order valence-corrected chi connectivity index (χ4v) is 0.829. The molecule has 0 saturated heterocycles. The van der Waals surface area contributed by atoms with Crippen LogP contribution in [0.1, 0.15) is 5.82 Å². The normalized spacial score (nSPS) is 9.73. The largest absolute Gasteiger partial charge is 0.481 e. The Bertz CT molecular complexity index is 231. The van der Waals surface area contributed by atoms with Crippen molar-refractivity contribution in [2.75, 3.05) is 7.11 Å². The SMILES string of the molecule is COc1cc(Cl)nc(CN)n1. The van der Waals surface area contributed by atoms with Gasteiger partial charge < -0.3 is 10.5 Å². The molecular weight excluding hydrogens is 166 g/mol. The molecule has 1 aromatic heterocycles. The molecule has 0 aromatic carbocycles. The molecule has 0 fully saturated rings. The molecule has 0 radical (unpaired) electrons. The summed E-state index contributed by atoms with van der Waals surface area (Å²) < 4.78 is 4.85. The van der Waals surface area contributed by atoms with Crippen LogP contribution in [0.2, 0.25) is 5.15 Å². The Labute approximate surface area is 69.4 Å². The first-order chi connectivity index (χ1) is 5.26. The van der Waals surface area contributed by atoms with E-state index in [0.717, 1.165) is 0 Å². The Morgan fingerprint density at radius 2 is 2.36 bits per heavy atom. The third-order valence-corrected chi connectivity index (χ3v) is 1.30. The third-order valence-electron chi connectivity index (χ3n) is 1.11. The molecule has 60 valence electrons. The van der Waals surface area contributed by atoms with E-state index in [-0.39, 0.29) is 6.54 Å². The second-order valence-electron chi connectivity index (χ2n) is 1.85. The predicted octanol–water partition coefficient (Wildman–Crippen LogP) is 0.597. The van der Waals surface area contributed by atoms with Gasteiger partial charge in [0, 0.05) is 6.07 Å². The maximum Gasteiger partial charge on any atom is 0.217 e. The van der Waals surface area contributed by atoms with E-state index in [2.05, 4.69) is 9.97 Å². The lowest BCUT2D eigenvalue weighted by Crippen LogP contribution is -2.03. The topological polar surface area (TPSA) is 61.0 Å². The Morgan fingerprint density at radius 3 is 2.91 bits per heavy atom. The number of nitrogens with two attached hydrogens (primary N) is 1. The van der Waals surface area contributed by atoms with E-state index in [1.807, 2.05) is 0 Å². The van der Waals surface area contributed by atoms with Crippen LogP contribution >= 0.6 is 11.6 Å². The zero-order valence-electron chi connectivity index (χ0n) is 6.04. The van der Waals surface area contributed by atoms with Crippen molar-refractivity contribution < 1.29 is 4.74 Å². The summed E-state index contributed by atoms with van der Waals surface area (Å²) in [4.78, 5) is 7.78. The minimum Gasteiger partial charge on any atom is -0.481 e. The molecule has 0 aliphatic carbocycles. The number of halogens is 1. The van der Waals surface area contributed by atoms with Crippen LogP contribution in [0.25, 0.3) is 0 Å². The molecule has 1 heterocycles. The van der Waals surface area contributed by atoms with Crippen LogP contribution in [0.5, 0.6) is 5.88 Å². The van der Waals surface area contributed by atoms with Gasteiger partial charge in [-0.2, -0.15) is 4.98 Å². The molecular formula is C6H8ClN3O. The summed E-state index contributed by atoms with van der Waals surface area (Å²) in [5.41, 5.74) is 5.30. The fraction of sp³-hybridized carbons (Fsp3) is 0.333. The fourth-order valence-electron chi connectivity index (χ4n) is 0.638. The van der Waals surface area contributed by atoms with Crippen molar-refractivity contribution in [2.24, 2.45) is 5.73 Å². The van der Waals surface area contributed by atoms with Crippen LogP contribution in [-0.4, -0.2) is 17.1 Å². The van der Waals surface area contributed by atoms with Crippen molar-refractivity contribution in [3.05, 3.63) is 17.0 Å². The van der Waals surface area contributed by atoms with E-state index in [1.54, 1.807) is 0 Å². The summed E-state index contributed by atoms with van der Waals surface area (Å²) in [5, 5.41) is 0.345. The van der Waals surface area contributed by atoms with E-state index < -0.39 is 0 Å². The van der Waals surface area contributed by atoms with Gasteiger partial charge in [0.05, 0.1) is 13.7 Å². The first kappa shape index (κ1) is 8.23. The molecule has 11 heavy (non-hydrogen) atoms. The van der Waals surface area contributed by atoms with Crippen molar-refractivity contribution in [2.45, 2.75) is 6.54 Å². The van der Waals surface area contributed by atoms with Crippen LogP contribution < -0.4 is 10.5 Å². The Kier molecular flexibility index (Phi) is 2.62. The standard InChI is InChI=1S/C6H8ClN3O/c1-11-6-2-4(7)9-5(3-8)10-6/h2H,3,8H2,1H3. The highest BCUT2D eigenvalue weighted by atomic mass is 35.5. The molecule has 0 spiro atoms. The lowest BCUT2D eigenvalue weighted by Gasteiger charge is -2.00. The summed E-state index contributed by atoms with van der Waals surface area (Å²) in [6, 6.07) is 1.53. The maximum absolute atomic E-state index is 5.62. The number of hydrogen-bond donors (Lipinski definition) is 1. The molecule has 5 heteroatoms. The average Bonchev–Trinajstić information content (AvgIpc) is 2.03. The zero-order valence-corrected chi connectivity index (χ0v) is 6.80. The zero-order chi connectivity index (χ0) is 8.27. The van der Waals surface area contributed by atoms with Gasteiger partial charge in [-0.25, -0.2) is 4.98 Å². The molecule has 0 aliphatic rings. The highest BCUT2D eigenvalue weighted by molar-refractivity contribution is 6.29. The molecule has 0 atom stereocenters. The molecule has 0 unspecified atom stereocenters. The second-order valence-corrected chi connectivity index (χ2v) is 2.24. The van der Waals surface area contributed by atoms with Crippen LogP contribution in [-0.2, 0) is 6.54 Å². The van der Waals surface area contributed by atoms with E-state index >= 15 is 0 Å². The number of ether oxygens (including phenoxy) is 1. The van der Waals surface area contributed by atoms with E-state index in [0.29, 0.717) is 16.9 Å². The third kappa shape index (κ3) is 2.03. The summed E-state index contributed by atoms with van der Waals surface area (Å²) in [6.45, 7) is 0.261. The van der Waals surface area contributed by atoms with Crippen LogP contribution in [0, 0.1) is 0 Å². The van der Waals surface area contributed by atoms with Gasteiger partial charge in [-0.1, -0.05) is 11.6 Å². The van der Waals surface area contributed by atoms with E-state index in [1.165, 1.54) is 13.2 Å². The monoisotopic (exact) mass is 173 g/mol. The lowest BCUT2D eigenvalue weighted by atomic mass is 10.5. The second kappa shape index (κ2) is 3.50. The number of aromatic nitrogens is 2. The van der Waals surface area contributed by atoms with E-state index in [4.69, 9.17) is 22.1 Å². The molecule has 1 rings (SSSR count). The highest BCUT2D eigenvalue weighted by Gasteiger charge is 2.00. The molecule has 2 N–H and O–H groups in total. The molecule has 4 nitrogen and oxygen atoms in total. The maximum atomic E-state index is 5.62. The van der Waals surface area contributed by atoms with Crippen molar-refractivity contribution in [3.8, 4) is 5.88 Å². The van der Waals surface area contributed by atoms with Crippen LogP contribution in [0.15, 0.2) is 6.07 Å². The molecule has 0 aliphatic heterocycles. The first-order valence-electron chi connectivity index (χ1n) is 3.03. The molecule has 0 amide bonds. The van der Waals surface area contributed by atoms with Crippen molar-refractivity contribution in [1.82, 2.24) is 9.97 Å². The van der Waals surface area contributed by atoms with Gasteiger partial charge in [0.15, 0.2) is 0 Å². The number of hydrogen-bond acceptors (Lipinski definition) is 4. The van der Waals surface area contributed by atoms with Gasteiger partial charge >= 0.3 is 0 Å². The molecule has 1 aromatic rings. The van der Waals surface area contributed by atoms with Crippen molar-refractivity contribution in [1.29, 1.82) is 0 Å². The van der Waals surface area contributed by atoms with Gasteiger partial charge in [0.1, 0.15) is 11.0 Å². The summed E-state index contributed by atoms with van der Waals surface area (Å²) in [5.74, 6) is 0.916. The van der Waals surface area contributed by atoms with Gasteiger partial charge in [-0.3, -0.25) is 0 Å². The number of nitrogens with zero attached hydrogens (tertiary/aromatic N) is 2. The van der Waals surface area contributed by atoms with Crippen LogP contribution in [0.4, 0.5) is 0 Å². The average molecular weight is 174 g/mol. The van der Waals surface area contributed by atoms with Gasteiger partial charge in [-0.15, -0.1) is 0 Å². The molecule has 0 saturated carbocycles. The minimum atomic E-state index is 0.261. The van der Waals surface area contributed by atoms with Crippen LogP contribution in [0.3, 0.4) is 0 Å². The number of rotatable bonds is 2. The Hall–Kier alpha value is -0.870. The lowest BCUT2D eigenvalue weighted by molar-refractivity contribution is 0.395. The smallest absolute Gasteiger partial charge is 0.217 e. The predicted molar refractivity (Wildman–Crippen MR) is 41.5 cm³/mol. The minimum absolute atomic E-state index is 0.261. The van der Waals surface area contributed by atoms with E-state index in [9.17, 15) is 0 Å². The quantitative estimate of drug-likeness (QED) is 0.666. The summed E-state index contributed by atoms with van der Waals surface area (Å²) in [7, 11) is 1.51. The van der Waals surface area contributed by atoms with Crippen molar-refractivity contribution in [3.63, 3.8) is 0 Å². The highest BCUT2D eigenvalue weighted by Crippen LogP contribution is 2.12. The van der Waals surface area contributed by atoms with Gasteiger partial charge in [0.25, 0.3) is 0 Å². The van der Waals surface area contributed by atoms with Gasteiger partial charge in [-0.05, 0) is 0 Å².